The second-order valence-corrected chi connectivity index (χ2v) is 6.69. The molecule has 1 N–H and O–H groups in total. The van der Waals surface area contributed by atoms with Crippen LogP contribution in [0.3, 0.4) is 0 Å². The summed E-state index contributed by atoms with van der Waals surface area (Å²) in [6.45, 7) is 4.81. The Balaban J connectivity index is 1.45. The number of aromatic nitrogens is 1. The molecular weight excluding hydrogens is 330 g/mol. The zero-order valence-electron chi connectivity index (χ0n) is 14.7. The van der Waals surface area contributed by atoms with Crippen molar-refractivity contribution in [1.29, 1.82) is 0 Å². The van der Waals surface area contributed by atoms with Gasteiger partial charge >= 0.3 is 0 Å². The molecule has 134 valence electrons. The lowest BCUT2D eigenvalue weighted by Gasteiger charge is -2.36. The van der Waals surface area contributed by atoms with E-state index in [0.29, 0.717) is 31.6 Å². The van der Waals surface area contributed by atoms with Gasteiger partial charge in [0.15, 0.2) is 0 Å². The Bertz CT molecular complexity index is 900. The number of carbonyl (C=O) groups is 2. The maximum absolute atomic E-state index is 12.5. The minimum atomic E-state index is -0.135. The van der Waals surface area contributed by atoms with Gasteiger partial charge < -0.3 is 9.80 Å². The molecule has 7 heteroatoms. The van der Waals surface area contributed by atoms with Gasteiger partial charge in [0.2, 0.25) is 5.91 Å². The number of hydrogen-bond acceptors (Lipinski definition) is 5. The second kappa shape index (κ2) is 6.74. The van der Waals surface area contributed by atoms with Crippen LogP contribution in [0, 0.1) is 6.92 Å². The van der Waals surface area contributed by atoms with Crippen molar-refractivity contribution in [2.75, 3.05) is 31.1 Å². The predicted molar refractivity (Wildman–Crippen MR) is 100 cm³/mol. The molecule has 0 unspecified atom stereocenters. The molecule has 0 spiro atoms. The standard InChI is InChI=1S/C19H21N5O2/c1-13-12-17(20-15-5-3-2-4-14(13)15)23-8-10-24(11-9-23)19(26)16-6-7-18(25)22-21-16/h2-5,12H,6-11H2,1H3,(H,22,25). The van der Waals surface area contributed by atoms with Crippen molar-refractivity contribution in [1.82, 2.24) is 15.3 Å². The van der Waals surface area contributed by atoms with E-state index in [9.17, 15) is 9.59 Å². The first-order valence-electron chi connectivity index (χ1n) is 8.88. The number of rotatable bonds is 2. The molecule has 26 heavy (non-hydrogen) atoms. The number of carbonyl (C=O) groups excluding carboxylic acids is 2. The highest BCUT2D eigenvalue weighted by Crippen LogP contribution is 2.23. The summed E-state index contributed by atoms with van der Waals surface area (Å²) in [6, 6.07) is 10.2. The molecular formula is C19H21N5O2. The van der Waals surface area contributed by atoms with Gasteiger partial charge in [0, 0.05) is 44.4 Å². The van der Waals surface area contributed by atoms with Crippen LogP contribution in [0.1, 0.15) is 18.4 Å². The quantitative estimate of drug-likeness (QED) is 0.888. The lowest BCUT2D eigenvalue weighted by molar-refractivity contribution is -0.124. The van der Waals surface area contributed by atoms with Crippen molar-refractivity contribution in [3.05, 3.63) is 35.9 Å². The molecule has 1 saturated heterocycles. The van der Waals surface area contributed by atoms with Gasteiger partial charge in [-0.25, -0.2) is 10.4 Å². The number of anilines is 1. The maximum Gasteiger partial charge on any atom is 0.270 e. The van der Waals surface area contributed by atoms with Crippen molar-refractivity contribution >= 4 is 34.2 Å². The number of piperazine rings is 1. The second-order valence-electron chi connectivity index (χ2n) is 6.69. The lowest BCUT2D eigenvalue weighted by Crippen LogP contribution is -2.51. The third kappa shape index (κ3) is 3.12. The van der Waals surface area contributed by atoms with Crippen molar-refractivity contribution < 1.29 is 9.59 Å². The van der Waals surface area contributed by atoms with Crippen LogP contribution in [0.4, 0.5) is 5.82 Å². The van der Waals surface area contributed by atoms with E-state index in [1.165, 1.54) is 10.9 Å². The largest absolute Gasteiger partial charge is 0.353 e. The first kappa shape index (κ1) is 16.5. The summed E-state index contributed by atoms with van der Waals surface area (Å²) in [5, 5.41) is 5.08. The number of amides is 2. The van der Waals surface area contributed by atoms with Gasteiger partial charge in [0.25, 0.3) is 5.91 Å². The van der Waals surface area contributed by atoms with Crippen LogP contribution in [0.25, 0.3) is 10.9 Å². The molecule has 2 aliphatic rings. The smallest absolute Gasteiger partial charge is 0.270 e. The van der Waals surface area contributed by atoms with Gasteiger partial charge in [-0.1, -0.05) is 18.2 Å². The number of benzene rings is 1. The number of hydrogen-bond donors (Lipinski definition) is 1. The number of nitrogens with one attached hydrogen (secondary N) is 1. The number of fused-ring (bicyclic) bond motifs is 1. The first-order valence-corrected chi connectivity index (χ1v) is 8.88. The molecule has 1 fully saturated rings. The van der Waals surface area contributed by atoms with Crippen LogP contribution >= 0.6 is 0 Å². The topological polar surface area (TPSA) is 77.9 Å². The van der Waals surface area contributed by atoms with Crippen molar-refractivity contribution in [3.63, 3.8) is 0 Å². The number of nitrogens with zero attached hydrogens (tertiary/aromatic N) is 4. The van der Waals surface area contributed by atoms with E-state index < -0.39 is 0 Å². The Hall–Kier alpha value is -2.96. The maximum atomic E-state index is 12.5. The summed E-state index contributed by atoms with van der Waals surface area (Å²) in [4.78, 5) is 32.5. The van der Waals surface area contributed by atoms with Crippen LogP contribution in [0.15, 0.2) is 35.4 Å². The highest BCUT2D eigenvalue weighted by molar-refractivity contribution is 6.39. The van der Waals surface area contributed by atoms with Gasteiger partial charge in [-0.2, -0.15) is 5.10 Å². The summed E-state index contributed by atoms with van der Waals surface area (Å²) < 4.78 is 0. The molecule has 0 aliphatic carbocycles. The minimum absolute atomic E-state index is 0.0766. The molecule has 2 aliphatic heterocycles. The van der Waals surface area contributed by atoms with E-state index in [1.807, 2.05) is 18.2 Å². The molecule has 1 aromatic carbocycles. The molecule has 2 amide bonds. The summed E-state index contributed by atoms with van der Waals surface area (Å²) in [5.41, 5.74) is 5.03. The molecule has 2 aromatic rings. The van der Waals surface area contributed by atoms with Crippen LogP contribution in [-0.4, -0.2) is 53.6 Å². The van der Waals surface area contributed by atoms with E-state index in [2.05, 4.69) is 34.5 Å². The van der Waals surface area contributed by atoms with E-state index in [0.717, 1.165) is 24.4 Å². The molecule has 0 saturated carbocycles. The monoisotopic (exact) mass is 351 g/mol. The Labute approximate surface area is 151 Å². The van der Waals surface area contributed by atoms with Crippen LogP contribution in [0.2, 0.25) is 0 Å². The summed E-state index contributed by atoms with van der Waals surface area (Å²) in [6.07, 6.45) is 0.737. The van der Waals surface area contributed by atoms with Gasteiger partial charge in [-0.3, -0.25) is 9.59 Å². The normalized spacial score (nSPS) is 17.9. The van der Waals surface area contributed by atoms with Crippen LogP contribution < -0.4 is 10.3 Å². The summed E-state index contributed by atoms with van der Waals surface area (Å²) >= 11 is 0. The molecule has 1 aromatic heterocycles. The Morgan fingerprint density at radius 3 is 2.62 bits per heavy atom. The van der Waals surface area contributed by atoms with Crippen molar-refractivity contribution in [3.8, 4) is 0 Å². The van der Waals surface area contributed by atoms with Gasteiger partial charge in [-0.15, -0.1) is 0 Å². The average Bonchev–Trinajstić information content (AvgIpc) is 2.68. The van der Waals surface area contributed by atoms with E-state index in [1.54, 1.807) is 4.90 Å². The molecule has 7 nitrogen and oxygen atoms in total. The van der Waals surface area contributed by atoms with Gasteiger partial charge in [-0.05, 0) is 24.6 Å². The molecule has 0 bridgehead atoms. The number of aryl methyl sites for hydroxylation is 1. The first-order chi connectivity index (χ1) is 12.6. The van der Waals surface area contributed by atoms with E-state index >= 15 is 0 Å². The van der Waals surface area contributed by atoms with Crippen LogP contribution in [-0.2, 0) is 9.59 Å². The third-order valence-corrected chi connectivity index (χ3v) is 4.95. The van der Waals surface area contributed by atoms with Crippen LogP contribution in [0.5, 0.6) is 0 Å². The number of hydrazone groups is 1. The minimum Gasteiger partial charge on any atom is -0.353 e. The third-order valence-electron chi connectivity index (χ3n) is 4.95. The van der Waals surface area contributed by atoms with E-state index in [4.69, 9.17) is 4.98 Å². The van der Waals surface area contributed by atoms with Gasteiger partial charge in [0.1, 0.15) is 11.5 Å². The zero-order valence-corrected chi connectivity index (χ0v) is 14.7. The van der Waals surface area contributed by atoms with E-state index in [-0.39, 0.29) is 11.8 Å². The lowest BCUT2D eigenvalue weighted by atomic mass is 10.1. The molecule has 0 radical (unpaired) electrons. The molecule has 4 rings (SSSR count). The zero-order chi connectivity index (χ0) is 18.1. The SMILES string of the molecule is Cc1cc(N2CCN(C(=O)C3=NNC(=O)CC3)CC2)nc2ccccc12. The Morgan fingerprint density at radius 2 is 1.88 bits per heavy atom. The highest BCUT2D eigenvalue weighted by atomic mass is 16.2. The summed E-state index contributed by atoms with van der Waals surface area (Å²) in [7, 11) is 0. The van der Waals surface area contributed by atoms with Crippen molar-refractivity contribution in [2.45, 2.75) is 19.8 Å². The number of para-hydroxylation sites is 1. The fourth-order valence-corrected chi connectivity index (χ4v) is 3.44. The predicted octanol–water partition coefficient (Wildman–Crippen LogP) is 1.46. The average molecular weight is 351 g/mol. The highest BCUT2D eigenvalue weighted by Gasteiger charge is 2.27. The Morgan fingerprint density at radius 1 is 1.12 bits per heavy atom. The fourth-order valence-electron chi connectivity index (χ4n) is 3.44. The fraction of sp³-hybridized carbons (Fsp3) is 0.368. The van der Waals surface area contributed by atoms with Crippen molar-refractivity contribution in [2.24, 2.45) is 5.10 Å². The Kier molecular flexibility index (Phi) is 4.28. The van der Waals surface area contributed by atoms with Gasteiger partial charge in [0.05, 0.1) is 5.52 Å². The summed E-state index contributed by atoms with van der Waals surface area (Å²) in [5.74, 6) is 0.743. The molecule has 0 atom stereocenters. The molecule has 3 heterocycles. The number of pyridine rings is 1.